The Morgan fingerprint density at radius 3 is 2.59 bits per heavy atom. The number of ketones is 1. The number of amides is 2. The van der Waals surface area contributed by atoms with E-state index in [1.807, 2.05) is 0 Å². The van der Waals surface area contributed by atoms with E-state index in [0.29, 0.717) is 21.0 Å². The summed E-state index contributed by atoms with van der Waals surface area (Å²) in [5, 5.41) is 0. The molecule has 32 heavy (non-hydrogen) atoms. The van der Waals surface area contributed by atoms with Crippen molar-refractivity contribution < 1.29 is 22.8 Å². The van der Waals surface area contributed by atoms with E-state index in [2.05, 4.69) is 20.9 Å². The number of carbonyl (C=O) groups is 3. The molecular formula is C21H14BrClN2O5S2. The van der Waals surface area contributed by atoms with Gasteiger partial charge in [0.2, 0.25) is 5.91 Å². The number of aromatic nitrogens is 1. The second-order valence-corrected chi connectivity index (χ2v) is 11.9. The van der Waals surface area contributed by atoms with Crippen LogP contribution in [-0.4, -0.2) is 36.8 Å². The predicted molar refractivity (Wildman–Crippen MR) is 124 cm³/mol. The van der Waals surface area contributed by atoms with Crippen LogP contribution < -0.4 is 4.90 Å². The first-order chi connectivity index (χ1) is 15.1. The molecule has 164 valence electrons. The molecule has 0 spiro atoms. The van der Waals surface area contributed by atoms with Crippen LogP contribution in [0.4, 0.5) is 5.82 Å². The fourth-order valence-electron chi connectivity index (χ4n) is 3.29. The first-order valence-corrected chi connectivity index (χ1v) is 12.9. The number of carbonyl (C=O) groups excluding carboxylic acids is 3. The van der Waals surface area contributed by atoms with Crippen LogP contribution in [0.5, 0.6) is 0 Å². The summed E-state index contributed by atoms with van der Waals surface area (Å²) in [4.78, 5) is 42.9. The molecule has 0 saturated carbocycles. The molecule has 0 saturated heterocycles. The summed E-state index contributed by atoms with van der Waals surface area (Å²) >= 11 is 10.00. The van der Waals surface area contributed by atoms with Gasteiger partial charge in [-0.25, -0.2) is 18.3 Å². The quantitative estimate of drug-likeness (QED) is 0.430. The summed E-state index contributed by atoms with van der Waals surface area (Å²) in [5.41, 5.74) is 1.53. The van der Waals surface area contributed by atoms with Crippen molar-refractivity contribution in [2.24, 2.45) is 0 Å². The average molecular weight is 554 g/mol. The van der Waals surface area contributed by atoms with Gasteiger partial charge in [0.25, 0.3) is 5.91 Å². The number of imide groups is 1. The third-order valence-electron chi connectivity index (χ3n) is 4.74. The van der Waals surface area contributed by atoms with Crippen molar-refractivity contribution in [3.05, 3.63) is 74.2 Å². The van der Waals surface area contributed by atoms with E-state index in [4.69, 9.17) is 11.6 Å². The summed E-state index contributed by atoms with van der Waals surface area (Å²) in [6.07, 6.45) is 1.28. The van der Waals surface area contributed by atoms with Crippen LogP contribution in [0, 0.1) is 0 Å². The van der Waals surface area contributed by atoms with Crippen LogP contribution in [0.1, 0.15) is 21.5 Å². The summed E-state index contributed by atoms with van der Waals surface area (Å²) < 4.78 is 25.8. The van der Waals surface area contributed by atoms with E-state index in [1.165, 1.54) is 24.4 Å². The summed E-state index contributed by atoms with van der Waals surface area (Å²) in [5.74, 6) is -1.90. The maximum atomic E-state index is 12.9. The Bertz CT molecular complexity index is 1350. The zero-order valence-electron chi connectivity index (χ0n) is 16.2. The van der Waals surface area contributed by atoms with E-state index in [1.54, 1.807) is 24.3 Å². The zero-order valence-corrected chi connectivity index (χ0v) is 20.2. The lowest BCUT2D eigenvalue weighted by Crippen LogP contribution is -2.43. The third-order valence-corrected chi connectivity index (χ3v) is 8.72. The summed E-state index contributed by atoms with van der Waals surface area (Å²) in [6.45, 7) is 0. The monoisotopic (exact) mass is 552 g/mol. The highest BCUT2D eigenvalue weighted by Crippen LogP contribution is 2.28. The molecule has 11 heteroatoms. The number of rotatable bonds is 6. The van der Waals surface area contributed by atoms with Gasteiger partial charge >= 0.3 is 0 Å². The number of fused-ring (bicyclic) bond motifs is 1. The molecule has 1 aliphatic rings. The minimum absolute atomic E-state index is 0.0402. The molecule has 0 unspecified atom stereocenters. The molecule has 7 nitrogen and oxygen atoms in total. The Labute approximate surface area is 201 Å². The van der Waals surface area contributed by atoms with Gasteiger partial charge < -0.3 is 0 Å². The molecule has 0 N–H and O–H groups in total. The Hall–Kier alpha value is -2.40. The second kappa shape index (κ2) is 8.86. The lowest BCUT2D eigenvalue weighted by atomic mass is 9.98. The Morgan fingerprint density at radius 2 is 1.94 bits per heavy atom. The maximum absolute atomic E-state index is 12.9. The number of nitrogens with zero attached hydrogens (tertiary/aromatic N) is 2. The molecule has 0 radical (unpaired) electrons. The van der Waals surface area contributed by atoms with E-state index in [-0.39, 0.29) is 22.9 Å². The van der Waals surface area contributed by atoms with Crippen LogP contribution in [-0.2, 0) is 32.3 Å². The van der Waals surface area contributed by atoms with Crippen LogP contribution in [0.15, 0.2) is 57.3 Å². The Morgan fingerprint density at radius 1 is 1.16 bits per heavy atom. The van der Waals surface area contributed by atoms with Crippen LogP contribution >= 0.6 is 38.9 Å². The van der Waals surface area contributed by atoms with Crippen LogP contribution in [0.3, 0.4) is 0 Å². The predicted octanol–water partition coefficient (Wildman–Crippen LogP) is 3.87. The highest BCUT2D eigenvalue weighted by atomic mass is 79.9. The molecule has 4 rings (SSSR count). The SMILES string of the molecule is O=C(Cc1ccc(N2C(=O)Cc3ccc(Br)cc3C2=O)nc1)CS(=O)(=O)c1ccc(Cl)s1. The third kappa shape index (κ3) is 4.68. The van der Waals surface area contributed by atoms with Gasteiger partial charge in [0.15, 0.2) is 15.6 Å². The molecule has 1 aliphatic heterocycles. The molecule has 0 aliphatic carbocycles. The summed E-state index contributed by atoms with van der Waals surface area (Å²) in [7, 11) is -3.77. The van der Waals surface area contributed by atoms with Gasteiger partial charge in [-0.1, -0.05) is 39.7 Å². The molecule has 2 aromatic heterocycles. The van der Waals surface area contributed by atoms with Gasteiger partial charge in [-0.15, -0.1) is 11.3 Å². The van der Waals surface area contributed by atoms with Gasteiger partial charge in [-0.2, -0.15) is 0 Å². The number of halogens is 2. The van der Waals surface area contributed by atoms with Gasteiger partial charge in [0.1, 0.15) is 15.8 Å². The van der Waals surface area contributed by atoms with Gasteiger partial charge in [0, 0.05) is 22.7 Å². The first-order valence-electron chi connectivity index (χ1n) is 9.24. The standard InChI is InChI=1S/C21H14BrClN2O5S2/c22-14-3-2-13-8-19(27)25(21(28)16(13)9-14)18-5-1-12(10-24-18)7-15(26)11-32(29,30)20-6-4-17(23)31-20/h1-6,9-10H,7-8,11H2. The maximum Gasteiger partial charge on any atom is 0.266 e. The molecule has 3 heterocycles. The number of hydrogen-bond acceptors (Lipinski definition) is 7. The lowest BCUT2D eigenvalue weighted by Gasteiger charge is -2.26. The van der Waals surface area contributed by atoms with Gasteiger partial charge in [0.05, 0.1) is 10.8 Å². The van der Waals surface area contributed by atoms with E-state index >= 15 is 0 Å². The van der Waals surface area contributed by atoms with Crippen LogP contribution in [0.25, 0.3) is 0 Å². The summed E-state index contributed by atoms with van der Waals surface area (Å²) in [6, 6.07) is 11.0. The highest BCUT2D eigenvalue weighted by Gasteiger charge is 2.33. The average Bonchev–Trinajstić information content (AvgIpc) is 3.17. The number of hydrogen-bond donors (Lipinski definition) is 0. The molecule has 1 aromatic carbocycles. The number of benzene rings is 1. The normalized spacial score (nSPS) is 13.9. The zero-order chi connectivity index (χ0) is 23.0. The second-order valence-electron chi connectivity index (χ2n) is 7.07. The van der Waals surface area contributed by atoms with E-state index < -0.39 is 33.2 Å². The number of sulfone groups is 1. The number of anilines is 1. The van der Waals surface area contributed by atoms with Crippen molar-refractivity contribution in [1.82, 2.24) is 4.98 Å². The smallest absolute Gasteiger partial charge is 0.266 e. The van der Waals surface area contributed by atoms with E-state index in [0.717, 1.165) is 20.7 Å². The molecule has 2 amide bonds. The minimum Gasteiger partial charge on any atom is -0.298 e. The Kier molecular flexibility index (Phi) is 6.30. The van der Waals surface area contributed by atoms with Gasteiger partial charge in [-0.05, 0) is 41.5 Å². The van der Waals surface area contributed by atoms with Crippen molar-refractivity contribution in [2.75, 3.05) is 10.7 Å². The van der Waals surface area contributed by atoms with Crippen molar-refractivity contribution in [2.45, 2.75) is 17.1 Å². The van der Waals surface area contributed by atoms with E-state index in [9.17, 15) is 22.8 Å². The number of Topliss-reactive ketones (excluding diaryl/α,β-unsaturated/α-hetero) is 1. The molecule has 0 fully saturated rings. The fourth-order valence-corrected chi connectivity index (χ4v) is 6.46. The van der Waals surface area contributed by atoms with Crippen LogP contribution in [0.2, 0.25) is 4.34 Å². The van der Waals surface area contributed by atoms with Crippen molar-refractivity contribution >= 4 is 72.1 Å². The van der Waals surface area contributed by atoms with Crippen molar-refractivity contribution in [3.8, 4) is 0 Å². The highest BCUT2D eigenvalue weighted by molar-refractivity contribution is 9.10. The van der Waals surface area contributed by atoms with Crippen molar-refractivity contribution in [3.63, 3.8) is 0 Å². The topological polar surface area (TPSA) is 101 Å². The van der Waals surface area contributed by atoms with Crippen molar-refractivity contribution in [1.29, 1.82) is 0 Å². The molecular weight excluding hydrogens is 540 g/mol. The lowest BCUT2D eigenvalue weighted by molar-refractivity contribution is -0.118. The number of thiophene rings is 1. The largest absolute Gasteiger partial charge is 0.298 e. The van der Waals surface area contributed by atoms with Gasteiger partial charge in [-0.3, -0.25) is 14.4 Å². The number of pyridine rings is 1. The molecule has 0 atom stereocenters. The fraction of sp³-hybridized carbons (Fsp3) is 0.143. The molecule has 0 bridgehead atoms. The minimum atomic E-state index is -3.77. The molecule has 3 aromatic rings. The first kappa shape index (κ1) is 22.8. The Balaban J connectivity index is 1.48.